The van der Waals surface area contributed by atoms with Crippen molar-refractivity contribution in [1.29, 1.82) is 0 Å². The highest BCUT2D eigenvalue weighted by Gasteiger charge is 2.23. The Labute approximate surface area is 163 Å². The molecule has 26 heavy (non-hydrogen) atoms. The molecule has 3 rings (SSSR count). The number of urea groups is 1. The second-order valence-corrected chi connectivity index (χ2v) is 7.05. The van der Waals surface area contributed by atoms with Crippen LogP contribution >= 0.6 is 23.7 Å². The van der Waals surface area contributed by atoms with Crippen LogP contribution in [-0.2, 0) is 0 Å². The Morgan fingerprint density at radius 2 is 1.73 bits per heavy atom. The molecule has 1 aromatic heterocycles. The summed E-state index contributed by atoms with van der Waals surface area (Å²) >= 11 is 1.30. The SMILES string of the molecule is CNC1CCN(C(=O)c2ccc(NC(=O)Nc3ccccc3)s2)CC1.Cl. The Hall–Kier alpha value is -2.09. The number of nitrogens with zero attached hydrogens (tertiary/aromatic N) is 1. The minimum atomic E-state index is -0.318. The Balaban J connectivity index is 0.00000243. The van der Waals surface area contributed by atoms with Crippen molar-refractivity contribution < 1.29 is 9.59 Å². The standard InChI is InChI=1S/C18H22N4O2S.ClH/c1-19-13-9-11-22(12-10-13)17(23)15-7-8-16(25-15)21-18(24)20-14-5-3-2-4-6-14;/h2-8,13,19H,9-12H2,1H3,(H2,20,21,24);1H. The van der Waals surface area contributed by atoms with Gasteiger partial charge in [-0.15, -0.1) is 23.7 Å². The zero-order valence-corrected chi connectivity index (χ0v) is 16.2. The third-order valence-corrected chi connectivity index (χ3v) is 5.26. The van der Waals surface area contributed by atoms with E-state index in [1.54, 1.807) is 12.1 Å². The lowest BCUT2D eigenvalue weighted by Gasteiger charge is -2.31. The molecule has 6 nitrogen and oxygen atoms in total. The molecule has 0 unspecified atom stereocenters. The number of amides is 3. The minimum Gasteiger partial charge on any atom is -0.338 e. The van der Waals surface area contributed by atoms with Crippen LogP contribution in [0.2, 0.25) is 0 Å². The predicted octanol–water partition coefficient (Wildman–Crippen LogP) is 3.64. The van der Waals surface area contributed by atoms with Crippen LogP contribution in [0.3, 0.4) is 0 Å². The lowest BCUT2D eigenvalue weighted by atomic mass is 10.1. The molecule has 1 fully saturated rings. The molecule has 0 spiro atoms. The maximum Gasteiger partial charge on any atom is 0.324 e. The van der Waals surface area contributed by atoms with Crippen LogP contribution in [0.4, 0.5) is 15.5 Å². The van der Waals surface area contributed by atoms with Crippen molar-refractivity contribution in [3.8, 4) is 0 Å². The summed E-state index contributed by atoms with van der Waals surface area (Å²) in [5, 5.41) is 9.44. The summed E-state index contributed by atoms with van der Waals surface area (Å²) in [6, 6.07) is 12.9. The summed E-state index contributed by atoms with van der Waals surface area (Å²) in [5.41, 5.74) is 0.722. The van der Waals surface area contributed by atoms with Gasteiger partial charge in [-0.2, -0.15) is 0 Å². The normalized spacial score (nSPS) is 14.4. The number of anilines is 2. The van der Waals surface area contributed by atoms with Gasteiger partial charge in [-0.25, -0.2) is 4.79 Å². The molecule has 0 atom stereocenters. The zero-order valence-electron chi connectivity index (χ0n) is 14.5. The molecule has 2 aromatic rings. The monoisotopic (exact) mass is 394 g/mol. The third kappa shape index (κ3) is 5.20. The van der Waals surface area contributed by atoms with Crippen LogP contribution in [0.25, 0.3) is 0 Å². The molecule has 8 heteroatoms. The fourth-order valence-electron chi connectivity index (χ4n) is 2.84. The van der Waals surface area contributed by atoms with Gasteiger partial charge in [0.2, 0.25) is 0 Å². The van der Waals surface area contributed by atoms with E-state index in [2.05, 4.69) is 16.0 Å². The van der Waals surface area contributed by atoms with Crippen LogP contribution in [0.1, 0.15) is 22.5 Å². The van der Waals surface area contributed by atoms with E-state index in [9.17, 15) is 9.59 Å². The highest BCUT2D eigenvalue weighted by atomic mass is 35.5. The van der Waals surface area contributed by atoms with Crippen LogP contribution in [-0.4, -0.2) is 43.0 Å². The Kier molecular flexibility index (Phi) is 7.44. The van der Waals surface area contributed by atoms with Gasteiger partial charge in [0.05, 0.1) is 9.88 Å². The lowest BCUT2D eigenvalue weighted by Crippen LogP contribution is -2.43. The van der Waals surface area contributed by atoms with E-state index in [-0.39, 0.29) is 24.3 Å². The van der Waals surface area contributed by atoms with Crippen molar-refractivity contribution in [1.82, 2.24) is 10.2 Å². The summed E-state index contributed by atoms with van der Waals surface area (Å²) in [5.74, 6) is 0.0380. The maximum atomic E-state index is 12.6. The van der Waals surface area contributed by atoms with Gasteiger partial charge in [-0.1, -0.05) is 18.2 Å². The molecular weight excluding hydrogens is 372 g/mol. The number of rotatable bonds is 4. The average Bonchev–Trinajstić information content (AvgIpc) is 3.10. The molecule has 140 valence electrons. The summed E-state index contributed by atoms with van der Waals surface area (Å²) < 4.78 is 0. The van der Waals surface area contributed by atoms with E-state index < -0.39 is 0 Å². The van der Waals surface area contributed by atoms with Gasteiger partial charge < -0.3 is 15.5 Å². The van der Waals surface area contributed by atoms with Gasteiger partial charge >= 0.3 is 6.03 Å². The van der Waals surface area contributed by atoms with Gasteiger partial charge in [-0.05, 0) is 44.2 Å². The number of piperidine rings is 1. The van der Waals surface area contributed by atoms with Gasteiger partial charge in [-0.3, -0.25) is 10.1 Å². The summed E-state index contributed by atoms with van der Waals surface area (Å²) in [6.45, 7) is 1.53. The van der Waals surface area contributed by atoms with E-state index in [1.165, 1.54) is 11.3 Å². The largest absolute Gasteiger partial charge is 0.338 e. The fourth-order valence-corrected chi connectivity index (χ4v) is 3.71. The minimum absolute atomic E-state index is 0. The van der Waals surface area contributed by atoms with Crippen molar-refractivity contribution in [2.24, 2.45) is 0 Å². The smallest absolute Gasteiger partial charge is 0.324 e. The van der Waals surface area contributed by atoms with Crippen molar-refractivity contribution >= 4 is 46.4 Å². The van der Waals surface area contributed by atoms with Crippen molar-refractivity contribution in [3.63, 3.8) is 0 Å². The number of carbonyl (C=O) groups excluding carboxylic acids is 2. The molecular formula is C18H23ClN4O2S. The Bertz CT molecular complexity index is 730. The van der Waals surface area contributed by atoms with Crippen LogP contribution in [0.15, 0.2) is 42.5 Å². The quantitative estimate of drug-likeness (QED) is 0.741. The van der Waals surface area contributed by atoms with Crippen LogP contribution in [0, 0.1) is 0 Å². The van der Waals surface area contributed by atoms with Gasteiger partial charge in [0.1, 0.15) is 0 Å². The number of para-hydroxylation sites is 1. The van der Waals surface area contributed by atoms with Gasteiger partial charge in [0.25, 0.3) is 5.91 Å². The Morgan fingerprint density at radius 3 is 2.38 bits per heavy atom. The first-order valence-corrected chi connectivity index (χ1v) is 9.17. The van der Waals surface area contributed by atoms with E-state index in [0.717, 1.165) is 31.6 Å². The van der Waals surface area contributed by atoms with Crippen LogP contribution in [0.5, 0.6) is 0 Å². The fraction of sp³-hybridized carbons (Fsp3) is 0.333. The first-order chi connectivity index (χ1) is 12.2. The molecule has 2 heterocycles. The summed E-state index contributed by atoms with van der Waals surface area (Å²) in [6.07, 6.45) is 1.94. The molecule has 3 N–H and O–H groups in total. The number of likely N-dealkylation sites (tertiary alicyclic amines) is 1. The number of halogens is 1. The lowest BCUT2D eigenvalue weighted by molar-refractivity contribution is 0.0712. The average molecular weight is 395 g/mol. The van der Waals surface area contributed by atoms with Gasteiger partial charge in [0.15, 0.2) is 0 Å². The second-order valence-electron chi connectivity index (χ2n) is 5.96. The molecule has 1 aliphatic heterocycles. The third-order valence-electron chi connectivity index (χ3n) is 4.28. The molecule has 0 bridgehead atoms. The van der Waals surface area contributed by atoms with E-state index in [0.29, 0.717) is 15.9 Å². The summed E-state index contributed by atoms with van der Waals surface area (Å²) in [4.78, 5) is 27.1. The van der Waals surface area contributed by atoms with Gasteiger partial charge in [0, 0.05) is 24.8 Å². The molecule has 0 saturated carbocycles. The van der Waals surface area contributed by atoms with E-state index >= 15 is 0 Å². The predicted molar refractivity (Wildman–Crippen MR) is 109 cm³/mol. The molecule has 1 aliphatic rings. The topological polar surface area (TPSA) is 73.5 Å². The number of benzene rings is 1. The van der Waals surface area contributed by atoms with Crippen molar-refractivity contribution in [2.75, 3.05) is 30.8 Å². The zero-order chi connectivity index (χ0) is 17.6. The molecule has 0 aliphatic carbocycles. The van der Waals surface area contributed by atoms with E-state index in [1.807, 2.05) is 42.3 Å². The number of carbonyl (C=O) groups is 2. The molecule has 0 radical (unpaired) electrons. The first kappa shape index (κ1) is 20.2. The first-order valence-electron chi connectivity index (χ1n) is 8.35. The Morgan fingerprint density at radius 1 is 1.04 bits per heavy atom. The highest BCUT2D eigenvalue weighted by Crippen LogP contribution is 2.24. The number of nitrogens with one attached hydrogen (secondary N) is 3. The van der Waals surface area contributed by atoms with Crippen LogP contribution < -0.4 is 16.0 Å². The number of thiophene rings is 1. The molecule has 1 aromatic carbocycles. The van der Waals surface area contributed by atoms with Crippen molar-refractivity contribution in [3.05, 3.63) is 47.3 Å². The van der Waals surface area contributed by atoms with E-state index in [4.69, 9.17) is 0 Å². The molecule has 3 amide bonds. The number of hydrogen-bond donors (Lipinski definition) is 3. The second kappa shape index (κ2) is 9.56. The maximum absolute atomic E-state index is 12.6. The number of hydrogen-bond acceptors (Lipinski definition) is 4. The highest BCUT2D eigenvalue weighted by molar-refractivity contribution is 7.18. The summed E-state index contributed by atoms with van der Waals surface area (Å²) in [7, 11) is 1.96. The molecule has 1 saturated heterocycles. The van der Waals surface area contributed by atoms with Crippen molar-refractivity contribution in [2.45, 2.75) is 18.9 Å².